The van der Waals surface area contributed by atoms with E-state index < -0.39 is 103 Å². The van der Waals surface area contributed by atoms with Crippen molar-refractivity contribution in [2.24, 2.45) is 11.1 Å². The normalized spacial score (nSPS) is 23.0. The Morgan fingerprint density at radius 2 is 1.69 bits per heavy atom. The van der Waals surface area contributed by atoms with Crippen LogP contribution in [0.5, 0.6) is 0 Å². The number of hydrogen-bond acceptors (Lipinski definition) is 20. The number of carbonyl (C=O) groups is 3. The number of anilines is 1. The van der Waals surface area contributed by atoms with Crippen molar-refractivity contribution >= 4 is 76.5 Å². The Morgan fingerprint density at radius 1 is 1.03 bits per heavy atom. The van der Waals surface area contributed by atoms with E-state index in [-0.39, 0.29) is 54.8 Å². The summed E-state index contributed by atoms with van der Waals surface area (Å²) in [4.78, 5) is 96.9. The van der Waals surface area contributed by atoms with Gasteiger partial charge in [0.1, 0.15) is 36.3 Å². The molecule has 0 saturated carbocycles. The number of nitrogen functional groups attached to an aromatic ring is 1. The van der Waals surface area contributed by atoms with E-state index in [0.29, 0.717) is 0 Å². The van der Waals surface area contributed by atoms with Crippen LogP contribution in [-0.2, 0) is 55.3 Å². The van der Waals surface area contributed by atoms with E-state index in [4.69, 9.17) is 25.3 Å². The molecule has 1 aliphatic heterocycles. The number of thioether (sulfide) groups is 1. The third-order valence-corrected chi connectivity index (χ3v) is 13.1. The molecule has 32 heteroatoms. The number of carbonyl (C=O) groups excluding carboxylic acids is 3. The van der Waals surface area contributed by atoms with Gasteiger partial charge in [0.15, 0.2) is 25.1 Å². The van der Waals surface area contributed by atoms with Crippen molar-refractivity contribution in [2.45, 2.75) is 63.4 Å². The molecule has 0 aliphatic carbocycles. The molecule has 2 aromatic heterocycles. The Bertz CT molecular complexity index is 1970. The minimum atomic E-state index is -5.59. The summed E-state index contributed by atoms with van der Waals surface area (Å²) < 4.78 is 73.4. The molecule has 0 radical (unpaired) electrons. The highest BCUT2D eigenvalue weighted by atomic mass is 32.2. The van der Waals surface area contributed by atoms with Crippen LogP contribution in [0.1, 0.15) is 32.9 Å². The van der Waals surface area contributed by atoms with E-state index in [1.807, 2.05) is 0 Å². The van der Waals surface area contributed by atoms with Crippen molar-refractivity contribution in [2.75, 3.05) is 50.6 Å². The maximum atomic E-state index is 12.7. The van der Waals surface area contributed by atoms with Crippen molar-refractivity contribution in [1.29, 1.82) is 0 Å². The molecule has 0 bridgehead atoms. The highest BCUT2D eigenvalue weighted by Crippen LogP contribution is 2.61. The average molecular weight is 931 g/mol. The standard InChI is InChI=1S/C26H46N8O19P4S/c1-26(2,20(37)23(38)30-6-4-16(35)29-7-9-58-25(39)14(27)5-8-54(3,40)41)11-50-57(47,48)53-56(45,46)49-10-15-19(52-55(42,43)44)18(36)24(51-15)34-13-33-17-21(28)31-12-32-22(17)34/h12-15,18-20,24,36-37H,4-11,27H2,1-3H3,(H,29,35)(H,30,38)(H,40,41)(H,45,46)(H,47,48)(H2,28,31,32)(H2,42,43,44). The van der Waals surface area contributed by atoms with Gasteiger partial charge in [0.25, 0.3) is 0 Å². The molecule has 0 spiro atoms. The number of ether oxygens (including phenoxy) is 1. The van der Waals surface area contributed by atoms with Crippen LogP contribution in [0.4, 0.5) is 5.82 Å². The number of rotatable bonds is 23. The third-order valence-electron chi connectivity index (χ3n) is 7.90. The second-order valence-corrected chi connectivity index (χ2v) is 21.3. The van der Waals surface area contributed by atoms with Crippen LogP contribution < -0.4 is 22.1 Å². The molecule has 13 N–H and O–H groups in total. The summed E-state index contributed by atoms with van der Waals surface area (Å²) in [7, 11) is -19.8. The molecule has 2 aromatic rings. The number of nitrogens with two attached hydrogens (primary N) is 2. The summed E-state index contributed by atoms with van der Waals surface area (Å²) in [5.41, 5.74) is 9.90. The fourth-order valence-electron chi connectivity index (χ4n) is 4.89. The molecule has 9 unspecified atom stereocenters. The number of phosphoric acid groups is 3. The van der Waals surface area contributed by atoms with Gasteiger partial charge in [-0.1, -0.05) is 25.6 Å². The number of amides is 2. The molecule has 330 valence electrons. The van der Waals surface area contributed by atoms with Gasteiger partial charge in [-0.2, -0.15) is 4.31 Å². The first-order valence-electron chi connectivity index (χ1n) is 16.7. The van der Waals surface area contributed by atoms with Crippen LogP contribution in [0.3, 0.4) is 0 Å². The van der Waals surface area contributed by atoms with Gasteiger partial charge in [-0.15, -0.1) is 0 Å². The zero-order chi connectivity index (χ0) is 43.9. The van der Waals surface area contributed by atoms with Crippen LogP contribution in [0.15, 0.2) is 12.7 Å². The predicted molar refractivity (Wildman–Crippen MR) is 200 cm³/mol. The van der Waals surface area contributed by atoms with E-state index in [2.05, 4.69) is 34.4 Å². The summed E-state index contributed by atoms with van der Waals surface area (Å²) in [5.74, 6) is -1.45. The summed E-state index contributed by atoms with van der Waals surface area (Å²) in [6, 6.07) is -0.946. The van der Waals surface area contributed by atoms with Gasteiger partial charge >= 0.3 is 23.5 Å². The first kappa shape index (κ1) is 50.1. The maximum Gasteiger partial charge on any atom is 0.481 e. The van der Waals surface area contributed by atoms with E-state index in [9.17, 15) is 67.3 Å². The molecule has 58 heavy (non-hydrogen) atoms. The van der Waals surface area contributed by atoms with Crippen molar-refractivity contribution < 1.29 is 89.9 Å². The van der Waals surface area contributed by atoms with E-state index in [1.165, 1.54) is 13.8 Å². The van der Waals surface area contributed by atoms with Crippen LogP contribution in [0.25, 0.3) is 11.2 Å². The van der Waals surface area contributed by atoms with Crippen molar-refractivity contribution in [3.05, 3.63) is 12.7 Å². The van der Waals surface area contributed by atoms with Gasteiger partial charge in [0.05, 0.1) is 25.6 Å². The first-order chi connectivity index (χ1) is 26.6. The molecular weight excluding hydrogens is 884 g/mol. The van der Waals surface area contributed by atoms with Gasteiger partial charge in [-0.05, 0) is 6.42 Å². The summed E-state index contributed by atoms with van der Waals surface area (Å²) in [6.07, 6.45) is -7.20. The van der Waals surface area contributed by atoms with Gasteiger partial charge in [-0.3, -0.25) is 37.1 Å². The van der Waals surface area contributed by atoms with E-state index in [0.717, 1.165) is 35.6 Å². The molecule has 27 nitrogen and oxygen atoms in total. The van der Waals surface area contributed by atoms with Gasteiger partial charge in [0.2, 0.25) is 16.9 Å². The predicted octanol–water partition coefficient (Wildman–Crippen LogP) is -1.72. The van der Waals surface area contributed by atoms with Gasteiger partial charge < -0.3 is 61.5 Å². The SMILES string of the molecule is CC(C)(COP(=O)(O)OP(=O)(O)OCC1OC(n2cnc3c(N)ncnc32)C(O)C1OP(=O)(O)O)C(O)C(=O)NCCC(=O)NCCSC(=O)C(N)CCP(C)(=O)O. The number of nitrogens with one attached hydrogen (secondary N) is 2. The number of fused-ring (bicyclic) bond motifs is 1. The molecule has 0 aromatic carbocycles. The maximum absolute atomic E-state index is 12.7. The fourth-order valence-corrected chi connectivity index (χ4v) is 9.21. The molecule has 9 atom stereocenters. The van der Waals surface area contributed by atoms with Gasteiger partial charge in [0, 0.05) is 43.5 Å². The zero-order valence-corrected chi connectivity index (χ0v) is 35.3. The zero-order valence-electron chi connectivity index (χ0n) is 30.9. The fraction of sp³-hybridized carbons (Fsp3) is 0.692. The lowest BCUT2D eigenvalue weighted by atomic mass is 9.87. The average Bonchev–Trinajstić information content (AvgIpc) is 3.66. The smallest absolute Gasteiger partial charge is 0.386 e. The van der Waals surface area contributed by atoms with E-state index >= 15 is 0 Å². The lowest BCUT2D eigenvalue weighted by molar-refractivity contribution is -0.137. The number of aromatic nitrogens is 4. The lowest BCUT2D eigenvalue weighted by Gasteiger charge is -2.30. The third kappa shape index (κ3) is 15.6. The van der Waals surface area contributed by atoms with E-state index in [1.54, 1.807) is 0 Å². The molecule has 1 fully saturated rings. The molecule has 3 rings (SSSR count). The summed E-state index contributed by atoms with van der Waals surface area (Å²) in [6.45, 7) is 1.33. The van der Waals surface area contributed by atoms with Crippen LogP contribution in [-0.4, -0.2) is 146 Å². The topological polar surface area (TPSA) is 427 Å². The van der Waals surface area contributed by atoms with Crippen LogP contribution >= 0.6 is 42.6 Å². The second kappa shape index (κ2) is 20.5. The second-order valence-electron chi connectivity index (χ2n) is 13.4. The molecule has 2 amide bonds. The Balaban J connectivity index is 1.46. The number of aliphatic hydroxyl groups excluding tert-OH is 2. The Morgan fingerprint density at radius 3 is 2.33 bits per heavy atom. The number of phosphoric ester groups is 3. The summed E-state index contributed by atoms with van der Waals surface area (Å²) in [5, 5.41) is 25.8. The highest BCUT2D eigenvalue weighted by Gasteiger charge is 2.50. The molecule has 3 heterocycles. The monoisotopic (exact) mass is 930 g/mol. The summed E-state index contributed by atoms with van der Waals surface area (Å²) >= 11 is 0.833. The van der Waals surface area contributed by atoms with Crippen molar-refractivity contribution in [1.82, 2.24) is 30.2 Å². The number of nitrogens with zero attached hydrogens (tertiary/aromatic N) is 4. The van der Waals surface area contributed by atoms with Gasteiger partial charge in [-0.25, -0.2) is 28.6 Å². The molecular formula is C26H46N8O19P4S. The van der Waals surface area contributed by atoms with Crippen molar-refractivity contribution in [3.8, 4) is 0 Å². The van der Waals surface area contributed by atoms with Crippen molar-refractivity contribution in [3.63, 3.8) is 0 Å². The molecule has 1 aliphatic rings. The number of aliphatic hydroxyl groups is 2. The minimum absolute atomic E-state index is 0.0183. The quantitative estimate of drug-likeness (QED) is 0.0436. The van der Waals surface area contributed by atoms with Crippen LogP contribution in [0, 0.1) is 5.41 Å². The Kier molecular flexibility index (Phi) is 17.7. The largest absolute Gasteiger partial charge is 0.481 e. The Labute approximate surface area is 333 Å². The highest BCUT2D eigenvalue weighted by molar-refractivity contribution is 8.13. The number of imidazole rings is 1. The lowest BCUT2D eigenvalue weighted by Crippen LogP contribution is -2.46. The first-order valence-corrected chi connectivity index (χ1v) is 24.5. The Hall–Kier alpha value is -2.29. The number of hydrogen-bond donors (Lipinski definition) is 11. The molecule has 1 saturated heterocycles. The van der Waals surface area contributed by atoms with Crippen LogP contribution in [0.2, 0.25) is 0 Å². The minimum Gasteiger partial charge on any atom is -0.386 e.